The van der Waals surface area contributed by atoms with E-state index in [1.807, 2.05) is 12.4 Å². The van der Waals surface area contributed by atoms with Gasteiger partial charge < -0.3 is 10.2 Å². The van der Waals surface area contributed by atoms with Crippen molar-refractivity contribution in [1.29, 1.82) is 0 Å². The largest absolute Gasteiger partial charge is 0.380 e. The van der Waals surface area contributed by atoms with Gasteiger partial charge in [-0.15, -0.1) is 0 Å². The molecule has 0 amide bonds. The molecular formula is C9H13N3. The van der Waals surface area contributed by atoms with E-state index in [2.05, 4.69) is 28.2 Å². The number of nitrogens with one attached hydrogen (secondary N) is 1. The van der Waals surface area contributed by atoms with Gasteiger partial charge in [-0.05, 0) is 13.0 Å². The minimum absolute atomic E-state index is 1.02. The van der Waals surface area contributed by atoms with Crippen molar-refractivity contribution in [3.63, 3.8) is 0 Å². The molecule has 0 aromatic carbocycles. The van der Waals surface area contributed by atoms with Crippen LogP contribution in [0.15, 0.2) is 18.5 Å². The van der Waals surface area contributed by atoms with Crippen molar-refractivity contribution in [3.05, 3.63) is 18.5 Å². The molecule has 3 heteroatoms. The van der Waals surface area contributed by atoms with Gasteiger partial charge in [0.25, 0.3) is 0 Å². The summed E-state index contributed by atoms with van der Waals surface area (Å²) in [4.78, 5) is 6.43. The fraction of sp³-hybridized carbons (Fsp3) is 0.444. The van der Waals surface area contributed by atoms with E-state index in [9.17, 15) is 0 Å². The SMILES string of the molecule is CCN1CCNc2cnccc21. The molecule has 0 fully saturated rings. The topological polar surface area (TPSA) is 28.2 Å². The molecule has 1 aliphatic heterocycles. The summed E-state index contributed by atoms with van der Waals surface area (Å²) in [6, 6.07) is 2.06. The van der Waals surface area contributed by atoms with Crippen LogP contribution in [0.4, 0.5) is 11.4 Å². The maximum absolute atomic E-state index is 4.08. The molecule has 0 atom stereocenters. The third-order valence-corrected chi connectivity index (χ3v) is 2.22. The van der Waals surface area contributed by atoms with Crippen molar-refractivity contribution in [3.8, 4) is 0 Å². The Hall–Kier alpha value is -1.25. The quantitative estimate of drug-likeness (QED) is 0.677. The van der Waals surface area contributed by atoms with Gasteiger partial charge in [-0.2, -0.15) is 0 Å². The van der Waals surface area contributed by atoms with E-state index >= 15 is 0 Å². The summed E-state index contributed by atoms with van der Waals surface area (Å²) in [5, 5.41) is 3.32. The number of rotatable bonds is 1. The van der Waals surface area contributed by atoms with Crippen molar-refractivity contribution in [2.45, 2.75) is 6.92 Å². The monoisotopic (exact) mass is 163 g/mol. The number of likely N-dealkylation sites (N-methyl/N-ethyl adjacent to an activating group) is 1. The molecule has 0 saturated heterocycles. The van der Waals surface area contributed by atoms with Gasteiger partial charge in [-0.3, -0.25) is 4.98 Å². The summed E-state index contributed by atoms with van der Waals surface area (Å²) in [7, 11) is 0. The molecule has 0 radical (unpaired) electrons. The Morgan fingerprint density at radius 3 is 3.42 bits per heavy atom. The lowest BCUT2D eigenvalue weighted by Crippen LogP contribution is -2.33. The zero-order chi connectivity index (χ0) is 8.39. The van der Waals surface area contributed by atoms with Gasteiger partial charge in [0.2, 0.25) is 0 Å². The molecule has 0 bridgehead atoms. The average molecular weight is 163 g/mol. The van der Waals surface area contributed by atoms with Crippen LogP contribution in [0.5, 0.6) is 0 Å². The van der Waals surface area contributed by atoms with Gasteiger partial charge >= 0.3 is 0 Å². The van der Waals surface area contributed by atoms with Crippen molar-refractivity contribution in [2.24, 2.45) is 0 Å². The van der Waals surface area contributed by atoms with Crippen LogP contribution < -0.4 is 10.2 Å². The Kier molecular flexibility index (Phi) is 1.86. The molecule has 0 spiro atoms. The van der Waals surface area contributed by atoms with Crippen LogP contribution in [0.3, 0.4) is 0 Å². The highest BCUT2D eigenvalue weighted by atomic mass is 15.2. The predicted molar refractivity (Wildman–Crippen MR) is 50.6 cm³/mol. The van der Waals surface area contributed by atoms with Gasteiger partial charge in [-0.25, -0.2) is 0 Å². The van der Waals surface area contributed by atoms with Gasteiger partial charge in [-0.1, -0.05) is 0 Å². The van der Waals surface area contributed by atoms with Crippen molar-refractivity contribution in [2.75, 3.05) is 29.9 Å². The summed E-state index contributed by atoms with van der Waals surface area (Å²) < 4.78 is 0. The van der Waals surface area contributed by atoms with Crippen molar-refractivity contribution in [1.82, 2.24) is 4.98 Å². The van der Waals surface area contributed by atoms with Crippen molar-refractivity contribution >= 4 is 11.4 Å². The smallest absolute Gasteiger partial charge is 0.0765 e. The highest BCUT2D eigenvalue weighted by molar-refractivity contribution is 5.70. The van der Waals surface area contributed by atoms with Crippen LogP contribution >= 0.6 is 0 Å². The normalized spacial score (nSPS) is 15.2. The summed E-state index contributed by atoms with van der Waals surface area (Å²) in [6.45, 7) is 5.36. The van der Waals surface area contributed by atoms with E-state index in [0.29, 0.717) is 0 Å². The Morgan fingerprint density at radius 2 is 2.58 bits per heavy atom. The average Bonchev–Trinajstić information content (AvgIpc) is 2.17. The number of aromatic nitrogens is 1. The highest BCUT2D eigenvalue weighted by Crippen LogP contribution is 2.26. The molecule has 0 saturated carbocycles. The fourth-order valence-electron chi connectivity index (χ4n) is 1.57. The summed E-state index contributed by atoms with van der Waals surface area (Å²) in [5.74, 6) is 0. The number of nitrogens with zero attached hydrogens (tertiary/aromatic N) is 2. The van der Waals surface area contributed by atoms with E-state index < -0.39 is 0 Å². The first-order valence-corrected chi connectivity index (χ1v) is 4.34. The molecule has 2 rings (SSSR count). The Morgan fingerprint density at radius 1 is 1.67 bits per heavy atom. The Bertz CT molecular complexity index is 272. The standard InChI is InChI=1S/C9H13N3/c1-2-12-6-5-11-8-7-10-4-3-9(8)12/h3-4,7,11H,2,5-6H2,1H3. The first-order chi connectivity index (χ1) is 5.92. The second-order valence-corrected chi connectivity index (χ2v) is 2.90. The number of pyridine rings is 1. The van der Waals surface area contributed by atoms with Crippen LogP contribution in [-0.2, 0) is 0 Å². The van der Waals surface area contributed by atoms with Gasteiger partial charge in [0.1, 0.15) is 0 Å². The van der Waals surface area contributed by atoms with Crippen LogP contribution in [0.1, 0.15) is 6.92 Å². The number of hydrogen-bond donors (Lipinski definition) is 1. The lowest BCUT2D eigenvalue weighted by Gasteiger charge is -2.30. The van der Waals surface area contributed by atoms with E-state index in [-0.39, 0.29) is 0 Å². The predicted octanol–water partition coefficient (Wildman–Crippen LogP) is 1.33. The van der Waals surface area contributed by atoms with Crippen molar-refractivity contribution < 1.29 is 0 Å². The molecule has 12 heavy (non-hydrogen) atoms. The second kappa shape index (κ2) is 3.01. The van der Waals surface area contributed by atoms with Gasteiger partial charge in [0.05, 0.1) is 17.6 Å². The second-order valence-electron chi connectivity index (χ2n) is 2.90. The van der Waals surface area contributed by atoms with E-state index in [4.69, 9.17) is 0 Å². The van der Waals surface area contributed by atoms with E-state index in [0.717, 1.165) is 25.3 Å². The van der Waals surface area contributed by atoms with E-state index in [1.165, 1.54) is 5.69 Å². The minimum atomic E-state index is 1.02. The third-order valence-electron chi connectivity index (χ3n) is 2.22. The molecule has 3 nitrogen and oxygen atoms in total. The molecule has 0 unspecified atom stereocenters. The molecule has 1 aromatic rings. The third kappa shape index (κ3) is 1.11. The number of anilines is 2. The molecule has 1 aromatic heterocycles. The summed E-state index contributed by atoms with van der Waals surface area (Å²) in [6.07, 6.45) is 3.73. The molecule has 2 heterocycles. The molecule has 1 N–H and O–H groups in total. The molecular weight excluding hydrogens is 150 g/mol. The fourth-order valence-corrected chi connectivity index (χ4v) is 1.57. The Balaban J connectivity index is 2.37. The van der Waals surface area contributed by atoms with Crippen LogP contribution in [0, 0.1) is 0 Å². The maximum Gasteiger partial charge on any atom is 0.0765 e. The van der Waals surface area contributed by atoms with E-state index in [1.54, 1.807) is 0 Å². The highest BCUT2D eigenvalue weighted by Gasteiger charge is 2.13. The van der Waals surface area contributed by atoms with Crippen LogP contribution in [0.2, 0.25) is 0 Å². The maximum atomic E-state index is 4.08. The lowest BCUT2D eigenvalue weighted by atomic mass is 10.2. The van der Waals surface area contributed by atoms with Crippen LogP contribution in [0.25, 0.3) is 0 Å². The summed E-state index contributed by atoms with van der Waals surface area (Å²) in [5.41, 5.74) is 2.43. The number of hydrogen-bond acceptors (Lipinski definition) is 3. The molecule has 1 aliphatic rings. The Labute approximate surface area is 72.4 Å². The zero-order valence-corrected chi connectivity index (χ0v) is 7.25. The zero-order valence-electron chi connectivity index (χ0n) is 7.25. The van der Waals surface area contributed by atoms with Crippen LogP contribution in [-0.4, -0.2) is 24.6 Å². The van der Waals surface area contributed by atoms with Gasteiger partial charge in [0, 0.05) is 25.8 Å². The minimum Gasteiger partial charge on any atom is -0.380 e. The first-order valence-electron chi connectivity index (χ1n) is 4.34. The lowest BCUT2D eigenvalue weighted by molar-refractivity contribution is 0.812. The van der Waals surface area contributed by atoms with Gasteiger partial charge in [0.15, 0.2) is 0 Å². The first kappa shape index (κ1) is 7.40. The number of fused-ring (bicyclic) bond motifs is 1. The molecule has 0 aliphatic carbocycles. The summed E-state index contributed by atoms with van der Waals surface area (Å²) >= 11 is 0. The molecule has 64 valence electrons.